The van der Waals surface area contributed by atoms with Crippen LogP contribution in [0.3, 0.4) is 0 Å². The fraction of sp³-hybridized carbons (Fsp3) is 0.615. The maximum Gasteiger partial charge on any atom is 0.326 e. The molecule has 2 rings (SSSR count). The zero-order valence-corrected chi connectivity index (χ0v) is 11.4. The van der Waals surface area contributed by atoms with Crippen molar-refractivity contribution in [3.63, 3.8) is 0 Å². The Bertz CT molecular complexity index is 456. The van der Waals surface area contributed by atoms with Gasteiger partial charge in [0.25, 0.3) is 0 Å². The van der Waals surface area contributed by atoms with Gasteiger partial charge in [0.2, 0.25) is 0 Å². The van der Waals surface area contributed by atoms with Crippen LogP contribution >= 0.6 is 0 Å². The molecule has 0 radical (unpaired) electrons. The quantitative estimate of drug-likeness (QED) is 0.595. The van der Waals surface area contributed by atoms with E-state index in [1.807, 2.05) is 6.92 Å². The van der Waals surface area contributed by atoms with Gasteiger partial charge in [-0.1, -0.05) is 12.8 Å². The van der Waals surface area contributed by atoms with Crippen molar-refractivity contribution >= 4 is 12.0 Å². The molecule has 0 aromatic carbocycles. The molecular weight excluding hydrogens is 260 g/mol. The lowest BCUT2D eigenvalue weighted by Gasteiger charge is -2.18. The van der Waals surface area contributed by atoms with Gasteiger partial charge in [0.1, 0.15) is 6.04 Å². The van der Waals surface area contributed by atoms with Gasteiger partial charge in [0.05, 0.1) is 6.33 Å². The molecule has 0 saturated heterocycles. The molecule has 2 atom stereocenters. The Morgan fingerprint density at radius 1 is 1.50 bits per heavy atom. The largest absolute Gasteiger partial charge is 0.480 e. The molecule has 110 valence electrons. The number of aromatic nitrogens is 2. The van der Waals surface area contributed by atoms with Crippen LogP contribution in [-0.4, -0.2) is 39.2 Å². The van der Waals surface area contributed by atoms with Crippen molar-refractivity contribution < 1.29 is 14.7 Å². The molecule has 1 aliphatic carbocycles. The number of carboxylic acid groups (broad SMARTS) is 1. The second-order valence-electron chi connectivity index (χ2n) is 5.37. The van der Waals surface area contributed by atoms with Gasteiger partial charge < -0.3 is 20.7 Å². The number of imidazole rings is 1. The zero-order chi connectivity index (χ0) is 14.5. The van der Waals surface area contributed by atoms with Crippen LogP contribution in [0.25, 0.3) is 0 Å². The number of hydrogen-bond acceptors (Lipinski definition) is 3. The van der Waals surface area contributed by atoms with Crippen LogP contribution in [0.4, 0.5) is 4.79 Å². The molecule has 0 spiro atoms. The Labute approximate surface area is 117 Å². The SMILES string of the molecule is CC(CC1CC1)NC(=O)N[C@H](Cc1cnc[nH]1)C(=O)O. The molecular formula is C13H20N4O3. The molecule has 7 heteroatoms. The summed E-state index contributed by atoms with van der Waals surface area (Å²) in [5.41, 5.74) is 0.670. The number of nitrogens with zero attached hydrogens (tertiary/aromatic N) is 1. The first-order valence-corrected chi connectivity index (χ1v) is 6.81. The van der Waals surface area contributed by atoms with E-state index in [1.54, 1.807) is 6.20 Å². The van der Waals surface area contributed by atoms with Crippen molar-refractivity contribution in [2.75, 3.05) is 0 Å². The van der Waals surface area contributed by atoms with E-state index in [2.05, 4.69) is 20.6 Å². The van der Waals surface area contributed by atoms with Gasteiger partial charge in [-0.05, 0) is 19.3 Å². The first-order chi connectivity index (χ1) is 9.54. The summed E-state index contributed by atoms with van der Waals surface area (Å²) in [5, 5.41) is 14.4. The van der Waals surface area contributed by atoms with Gasteiger partial charge >= 0.3 is 12.0 Å². The van der Waals surface area contributed by atoms with Gasteiger partial charge in [0.15, 0.2) is 0 Å². The summed E-state index contributed by atoms with van der Waals surface area (Å²) in [6.07, 6.45) is 6.61. The molecule has 2 amide bonds. The molecule has 1 aromatic heterocycles. The Morgan fingerprint density at radius 2 is 2.25 bits per heavy atom. The van der Waals surface area contributed by atoms with Crippen molar-refractivity contribution in [3.8, 4) is 0 Å². The van der Waals surface area contributed by atoms with E-state index in [-0.39, 0.29) is 12.5 Å². The van der Waals surface area contributed by atoms with Crippen LogP contribution in [0.1, 0.15) is 31.9 Å². The first kappa shape index (κ1) is 14.4. The molecule has 0 bridgehead atoms. The van der Waals surface area contributed by atoms with Crippen molar-refractivity contribution in [2.24, 2.45) is 5.92 Å². The highest BCUT2D eigenvalue weighted by atomic mass is 16.4. The predicted molar refractivity (Wildman–Crippen MR) is 72.2 cm³/mol. The topological polar surface area (TPSA) is 107 Å². The van der Waals surface area contributed by atoms with Gasteiger partial charge in [-0.25, -0.2) is 14.6 Å². The van der Waals surface area contributed by atoms with Crippen LogP contribution in [-0.2, 0) is 11.2 Å². The van der Waals surface area contributed by atoms with E-state index >= 15 is 0 Å². The number of nitrogens with one attached hydrogen (secondary N) is 3. The minimum Gasteiger partial charge on any atom is -0.480 e. The Hall–Kier alpha value is -2.05. The smallest absolute Gasteiger partial charge is 0.326 e. The van der Waals surface area contributed by atoms with E-state index in [9.17, 15) is 9.59 Å². The summed E-state index contributed by atoms with van der Waals surface area (Å²) in [6.45, 7) is 1.93. The van der Waals surface area contributed by atoms with Gasteiger partial charge in [-0.3, -0.25) is 0 Å². The third-order valence-corrected chi connectivity index (χ3v) is 3.34. The molecule has 7 nitrogen and oxygen atoms in total. The molecule has 20 heavy (non-hydrogen) atoms. The number of carbonyl (C=O) groups is 2. The van der Waals surface area contributed by atoms with Crippen molar-refractivity contribution in [1.29, 1.82) is 0 Å². The van der Waals surface area contributed by atoms with Gasteiger partial charge in [-0.15, -0.1) is 0 Å². The monoisotopic (exact) mass is 280 g/mol. The summed E-state index contributed by atoms with van der Waals surface area (Å²) in [5.74, 6) is -0.352. The summed E-state index contributed by atoms with van der Waals surface area (Å²) < 4.78 is 0. The predicted octanol–water partition coefficient (Wildman–Crippen LogP) is 0.893. The molecule has 1 aromatic rings. The molecule has 0 aliphatic heterocycles. The minimum atomic E-state index is -1.07. The van der Waals surface area contributed by atoms with Crippen molar-refractivity contribution in [3.05, 3.63) is 18.2 Å². The van der Waals surface area contributed by atoms with Crippen LogP contribution in [0.15, 0.2) is 12.5 Å². The van der Waals surface area contributed by atoms with E-state index < -0.39 is 18.0 Å². The van der Waals surface area contributed by atoms with Crippen molar-refractivity contribution in [2.45, 2.75) is 44.7 Å². The number of urea groups is 1. The highest BCUT2D eigenvalue weighted by molar-refractivity contribution is 5.82. The molecule has 1 saturated carbocycles. The zero-order valence-electron chi connectivity index (χ0n) is 11.4. The van der Waals surface area contributed by atoms with Crippen molar-refractivity contribution in [1.82, 2.24) is 20.6 Å². The summed E-state index contributed by atoms with van der Waals surface area (Å²) in [7, 11) is 0. The fourth-order valence-corrected chi connectivity index (χ4v) is 2.15. The van der Waals surface area contributed by atoms with Crippen LogP contribution in [0.5, 0.6) is 0 Å². The average molecular weight is 280 g/mol. The summed E-state index contributed by atoms with van der Waals surface area (Å²) >= 11 is 0. The summed E-state index contributed by atoms with van der Waals surface area (Å²) in [6, 6.07) is -1.35. The number of carboxylic acids is 1. The van der Waals surface area contributed by atoms with E-state index in [0.717, 1.165) is 6.42 Å². The van der Waals surface area contributed by atoms with Crippen LogP contribution < -0.4 is 10.6 Å². The number of carbonyl (C=O) groups excluding carboxylic acids is 1. The highest BCUT2D eigenvalue weighted by Gasteiger charge is 2.25. The first-order valence-electron chi connectivity index (χ1n) is 6.81. The number of hydrogen-bond donors (Lipinski definition) is 4. The standard InChI is InChI=1S/C13H20N4O3/c1-8(4-9-2-3-9)16-13(20)17-11(12(18)19)5-10-6-14-7-15-10/h6-9,11H,2-5H2,1H3,(H,14,15)(H,18,19)(H2,16,17,20)/t8?,11-/m1/s1. The molecule has 1 fully saturated rings. The van der Waals surface area contributed by atoms with Gasteiger partial charge in [0, 0.05) is 24.4 Å². The maximum atomic E-state index is 11.8. The lowest BCUT2D eigenvalue weighted by molar-refractivity contribution is -0.139. The third kappa shape index (κ3) is 4.56. The molecule has 1 heterocycles. The third-order valence-electron chi connectivity index (χ3n) is 3.34. The summed E-state index contributed by atoms with van der Waals surface area (Å²) in [4.78, 5) is 29.6. The number of aromatic amines is 1. The highest BCUT2D eigenvalue weighted by Crippen LogP contribution is 2.33. The number of amides is 2. The second-order valence-corrected chi connectivity index (χ2v) is 5.37. The van der Waals surface area contributed by atoms with E-state index in [1.165, 1.54) is 19.2 Å². The van der Waals surface area contributed by atoms with Gasteiger partial charge in [-0.2, -0.15) is 0 Å². The molecule has 1 unspecified atom stereocenters. The number of rotatable bonds is 7. The fourth-order valence-electron chi connectivity index (χ4n) is 2.15. The van der Waals surface area contributed by atoms with Crippen LogP contribution in [0.2, 0.25) is 0 Å². The van der Waals surface area contributed by atoms with E-state index in [0.29, 0.717) is 11.6 Å². The minimum absolute atomic E-state index is 0.0594. The second kappa shape index (κ2) is 6.40. The number of H-pyrrole nitrogens is 1. The Balaban J connectivity index is 1.80. The van der Waals surface area contributed by atoms with Crippen LogP contribution in [0, 0.1) is 5.92 Å². The Kier molecular flexibility index (Phi) is 4.60. The molecule has 4 N–H and O–H groups in total. The lowest BCUT2D eigenvalue weighted by atomic mass is 10.1. The molecule has 1 aliphatic rings. The maximum absolute atomic E-state index is 11.8. The lowest BCUT2D eigenvalue weighted by Crippen LogP contribution is -2.49. The Morgan fingerprint density at radius 3 is 2.80 bits per heavy atom. The normalized spacial score (nSPS) is 17.2. The average Bonchev–Trinajstić information content (AvgIpc) is 3.02. The van der Waals surface area contributed by atoms with E-state index in [4.69, 9.17) is 5.11 Å². The number of aliphatic carboxylic acids is 1.